The third-order valence-electron chi connectivity index (χ3n) is 4.46. The van der Waals surface area contributed by atoms with Gasteiger partial charge in [-0.15, -0.1) is 0 Å². The summed E-state index contributed by atoms with van der Waals surface area (Å²) in [5, 5.41) is 25.5. The largest absolute Gasteiger partial charge is 0.507 e. The highest BCUT2D eigenvalue weighted by Crippen LogP contribution is 2.46. The average Bonchev–Trinajstić information content (AvgIpc) is 3.01. The first-order valence-electron chi connectivity index (χ1n) is 8.96. The molecule has 0 aliphatic carbocycles. The minimum Gasteiger partial charge on any atom is -0.507 e. The van der Waals surface area contributed by atoms with Gasteiger partial charge in [0.25, 0.3) is 5.89 Å². The summed E-state index contributed by atoms with van der Waals surface area (Å²) in [5.41, 5.74) is 3.50. The molecule has 5 nitrogen and oxygen atoms in total. The Morgan fingerprint density at radius 2 is 1.85 bits per heavy atom. The molecule has 3 aromatic rings. The number of rotatable bonds is 6. The Morgan fingerprint density at radius 3 is 2.50 bits per heavy atom. The van der Waals surface area contributed by atoms with Crippen LogP contribution < -0.4 is 0 Å². The third kappa shape index (κ3) is 3.57. The summed E-state index contributed by atoms with van der Waals surface area (Å²) in [5.74, 6) is 0.815. The molecule has 0 aliphatic rings. The summed E-state index contributed by atoms with van der Waals surface area (Å²) in [6.07, 6.45) is 3.84. The molecule has 1 aromatic heterocycles. The van der Waals surface area contributed by atoms with Crippen LogP contribution in [-0.4, -0.2) is 20.4 Å². The Kier molecular flexibility index (Phi) is 5.26. The van der Waals surface area contributed by atoms with Crippen molar-refractivity contribution in [3.63, 3.8) is 0 Å². The van der Waals surface area contributed by atoms with Crippen molar-refractivity contribution >= 4 is 0 Å². The zero-order valence-electron chi connectivity index (χ0n) is 15.4. The first-order valence-corrected chi connectivity index (χ1v) is 8.96. The number of aromatic hydroxyl groups is 2. The molecule has 136 valence electrons. The second kappa shape index (κ2) is 7.60. The van der Waals surface area contributed by atoms with Crippen LogP contribution in [0.25, 0.3) is 22.6 Å². The molecule has 0 atom stereocenters. The molecule has 1 heterocycles. The zero-order valence-corrected chi connectivity index (χ0v) is 15.4. The third-order valence-corrected chi connectivity index (χ3v) is 4.46. The van der Waals surface area contributed by atoms with Crippen LogP contribution in [0.15, 0.2) is 34.9 Å². The van der Waals surface area contributed by atoms with E-state index in [0.29, 0.717) is 17.0 Å². The molecule has 0 radical (unpaired) electrons. The highest BCUT2D eigenvalue weighted by molar-refractivity contribution is 5.85. The molecule has 0 saturated heterocycles. The van der Waals surface area contributed by atoms with Gasteiger partial charge in [0.2, 0.25) is 0 Å². The number of nitrogens with zero attached hydrogens (tertiary/aromatic N) is 2. The molecule has 0 saturated carbocycles. The predicted octanol–water partition coefficient (Wildman–Crippen LogP) is 5.16. The van der Waals surface area contributed by atoms with Crippen molar-refractivity contribution in [1.82, 2.24) is 10.1 Å². The van der Waals surface area contributed by atoms with E-state index >= 15 is 0 Å². The molecule has 0 aliphatic heterocycles. The standard InChI is InChI=1S/C21H24N2O3/c1-4-5-6-9-16-12-17(24)18(15-10-7-8-13(2)11-15)20(25)19(16)21-22-14(3)23-26-21/h7-8,10-12,24-25H,4-6,9H2,1-3H3. The number of hydrogen-bond donors (Lipinski definition) is 2. The fraction of sp³-hybridized carbons (Fsp3) is 0.333. The van der Waals surface area contributed by atoms with Gasteiger partial charge < -0.3 is 14.7 Å². The number of hydrogen-bond acceptors (Lipinski definition) is 5. The SMILES string of the molecule is CCCCCc1cc(O)c(-c2cccc(C)c2)c(O)c1-c1nc(C)no1. The van der Waals surface area contributed by atoms with Gasteiger partial charge in [0.15, 0.2) is 5.82 Å². The number of unbranched alkanes of at least 4 members (excludes halogenated alkanes) is 2. The van der Waals surface area contributed by atoms with Crippen LogP contribution in [0.4, 0.5) is 0 Å². The van der Waals surface area contributed by atoms with E-state index in [0.717, 1.165) is 42.4 Å². The Bertz CT molecular complexity index is 916. The van der Waals surface area contributed by atoms with E-state index in [4.69, 9.17) is 4.52 Å². The van der Waals surface area contributed by atoms with Gasteiger partial charge in [-0.1, -0.05) is 54.8 Å². The number of aromatic nitrogens is 2. The van der Waals surface area contributed by atoms with Gasteiger partial charge in [-0.05, 0) is 43.9 Å². The van der Waals surface area contributed by atoms with E-state index in [1.807, 2.05) is 31.2 Å². The number of aryl methyl sites for hydroxylation is 3. The lowest BCUT2D eigenvalue weighted by molar-refractivity contribution is 0.418. The summed E-state index contributed by atoms with van der Waals surface area (Å²) in [6.45, 7) is 5.85. The maximum absolute atomic E-state index is 11.0. The zero-order chi connectivity index (χ0) is 18.7. The molecule has 0 amide bonds. The van der Waals surface area contributed by atoms with Crippen molar-refractivity contribution in [2.75, 3.05) is 0 Å². The van der Waals surface area contributed by atoms with E-state index < -0.39 is 0 Å². The van der Waals surface area contributed by atoms with Crippen LogP contribution in [0.3, 0.4) is 0 Å². The van der Waals surface area contributed by atoms with Crippen molar-refractivity contribution in [2.24, 2.45) is 0 Å². The highest BCUT2D eigenvalue weighted by Gasteiger charge is 2.23. The number of benzene rings is 2. The van der Waals surface area contributed by atoms with Crippen LogP contribution in [0.1, 0.15) is 43.1 Å². The van der Waals surface area contributed by atoms with Crippen LogP contribution in [0.5, 0.6) is 11.5 Å². The topological polar surface area (TPSA) is 79.4 Å². The minimum absolute atomic E-state index is 0.0225. The quantitative estimate of drug-likeness (QED) is 0.599. The van der Waals surface area contributed by atoms with Gasteiger partial charge >= 0.3 is 0 Å². The summed E-state index contributed by atoms with van der Waals surface area (Å²) in [6, 6.07) is 9.37. The monoisotopic (exact) mass is 352 g/mol. The molecule has 0 unspecified atom stereocenters. The number of phenols is 2. The van der Waals surface area contributed by atoms with E-state index in [-0.39, 0.29) is 17.4 Å². The molecule has 2 aromatic carbocycles. The first-order chi connectivity index (χ1) is 12.5. The number of phenolic OH excluding ortho intramolecular Hbond substituents is 2. The van der Waals surface area contributed by atoms with Crippen LogP contribution in [0.2, 0.25) is 0 Å². The van der Waals surface area contributed by atoms with E-state index in [1.54, 1.807) is 13.0 Å². The van der Waals surface area contributed by atoms with Crippen molar-refractivity contribution < 1.29 is 14.7 Å². The second-order valence-electron chi connectivity index (χ2n) is 6.63. The van der Waals surface area contributed by atoms with Crippen LogP contribution in [0, 0.1) is 13.8 Å². The van der Waals surface area contributed by atoms with E-state index in [1.165, 1.54) is 0 Å². The summed E-state index contributed by atoms with van der Waals surface area (Å²) in [7, 11) is 0. The van der Waals surface area contributed by atoms with Gasteiger partial charge in [-0.3, -0.25) is 0 Å². The summed E-state index contributed by atoms with van der Waals surface area (Å²) >= 11 is 0. The molecule has 0 fully saturated rings. The molecule has 26 heavy (non-hydrogen) atoms. The Hall–Kier alpha value is -2.82. The fourth-order valence-corrected chi connectivity index (χ4v) is 3.19. The Balaban J connectivity index is 2.18. The second-order valence-corrected chi connectivity index (χ2v) is 6.63. The maximum atomic E-state index is 11.0. The van der Waals surface area contributed by atoms with Gasteiger partial charge in [-0.2, -0.15) is 4.98 Å². The van der Waals surface area contributed by atoms with Crippen molar-refractivity contribution in [1.29, 1.82) is 0 Å². The molecule has 5 heteroatoms. The molecular formula is C21H24N2O3. The minimum atomic E-state index is -0.0225. The summed E-state index contributed by atoms with van der Waals surface area (Å²) in [4.78, 5) is 4.29. The Morgan fingerprint density at radius 1 is 1.04 bits per heavy atom. The van der Waals surface area contributed by atoms with Crippen molar-refractivity contribution in [2.45, 2.75) is 46.5 Å². The smallest absolute Gasteiger partial charge is 0.261 e. The maximum Gasteiger partial charge on any atom is 0.261 e. The Labute approximate surface area is 153 Å². The van der Waals surface area contributed by atoms with Gasteiger partial charge in [0, 0.05) is 0 Å². The van der Waals surface area contributed by atoms with Gasteiger partial charge in [-0.25, -0.2) is 0 Å². The van der Waals surface area contributed by atoms with Crippen molar-refractivity contribution in [3.8, 4) is 34.1 Å². The van der Waals surface area contributed by atoms with E-state index in [9.17, 15) is 10.2 Å². The molecule has 0 bridgehead atoms. The fourth-order valence-electron chi connectivity index (χ4n) is 3.19. The normalized spacial score (nSPS) is 11.0. The summed E-state index contributed by atoms with van der Waals surface area (Å²) < 4.78 is 5.33. The van der Waals surface area contributed by atoms with Gasteiger partial charge in [0.1, 0.15) is 11.5 Å². The predicted molar refractivity (Wildman–Crippen MR) is 101 cm³/mol. The lowest BCUT2D eigenvalue weighted by Gasteiger charge is -2.15. The van der Waals surface area contributed by atoms with Crippen LogP contribution >= 0.6 is 0 Å². The molecular weight excluding hydrogens is 328 g/mol. The van der Waals surface area contributed by atoms with E-state index in [2.05, 4.69) is 17.1 Å². The lowest BCUT2D eigenvalue weighted by atomic mass is 9.93. The van der Waals surface area contributed by atoms with Gasteiger partial charge in [0.05, 0.1) is 11.1 Å². The molecule has 0 spiro atoms. The first kappa shape index (κ1) is 18.0. The lowest BCUT2D eigenvalue weighted by Crippen LogP contribution is -1.95. The van der Waals surface area contributed by atoms with Crippen molar-refractivity contribution in [3.05, 3.63) is 47.3 Å². The average molecular weight is 352 g/mol. The molecule has 3 rings (SSSR count). The molecule has 2 N–H and O–H groups in total. The highest BCUT2D eigenvalue weighted by atomic mass is 16.5. The van der Waals surface area contributed by atoms with Crippen LogP contribution in [-0.2, 0) is 6.42 Å².